The summed E-state index contributed by atoms with van der Waals surface area (Å²) < 4.78 is 2.56. The van der Waals surface area contributed by atoms with E-state index in [1.54, 1.807) is 0 Å². The predicted octanol–water partition coefficient (Wildman–Crippen LogP) is 11.7. The molecule has 3 nitrogen and oxygen atoms in total. The van der Waals surface area contributed by atoms with Gasteiger partial charge in [0.15, 0.2) is 5.84 Å². The number of rotatable bonds is 4. The fourth-order valence-electron chi connectivity index (χ4n) is 7.33. The van der Waals surface area contributed by atoms with Crippen LogP contribution in [0.5, 0.6) is 0 Å². The highest BCUT2D eigenvalue weighted by Crippen LogP contribution is 2.38. The molecule has 1 unspecified atom stereocenters. The maximum absolute atomic E-state index is 5.19. The summed E-state index contributed by atoms with van der Waals surface area (Å²) in [6.45, 7) is 0. The first kappa shape index (κ1) is 28.0. The first-order valence-electron chi connectivity index (χ1n) is 16.6. The molecule has 2 heterocycles. The van der Waals surface area contributed by atoms with Crippen molar-refractivity contribution in [1.82, 2.24) is 5.32 Å². The van der Waals surface area contributed by atoms with Gasteiger partial charge in [-0.2, -0.15) is 0 Å². The van der Waals surface area contributed by atoms with E-state index >= 15 is 0 Å². The van der Waals surface area contributed by atoms with Crippen LogP contribution in [-0.2, 0) is 0 Å². The number of nitrogens with one attached hydrogen (secondary N) is 1. The van der Waals surface area contributed by atoms with Crippen molar-refractivity contribution in [2.24, 2.45) is 9.98 Å². The molecular weight excluding hydrogens is 615 g/mol. The van der Waals surface area contributed by atoms with Crippen molar-refractivity contribution in [2.45, 2.75) is 6.17 Å². The maximum Gasteiger partial charge on any atom is 0.159 e. The smallest absolute Gasteiger partial charge is 0.159 e. The summed E-state index contributed by atoms with van der Waals surface area (Å²) in [5.41, 5.74) is 5.46. The van der Waals surface area contributed by atoms with Crippen LogP contribution in [0.25, 0.3) is 63.6 Å². The molecule has 9 aromatic rings. The standard InChI is InChI=1S/C45H29N3S/c1-2-11-28(12-3-1)43-46-44(48-45(47-43)32-22-24-42-40(27-32)38-19-8-9-20-41(38)49-42)31-14-10-13-29(25-31)30-21-23-37-35-17-5-4-15-33(35)34-16-6-7-18-36(34)39(37)26-30/h1-27,43H,(H,46,47,48). The fourth-order valence-corrected chi connectivity index (χ4v) is 8.42. The lowest BCUT2D eigenvalue weighted by Crippen LogP contribution is -2.33. The molecule has 0 bridgehead atoms. The first-order chi connectivity index (χ1) is 24.3. The van der Waals surface area contributed by atoms with Gasteiger partial charge >= 0.3 is 0 Å². The van der Waals surface area contributed by atoms with Gasteiger partial charge in [0.25, 0.3) is 0 Å². The lowest BCUT2D eigenvalue weighted by molar-refractivity contribution is 0.674. The highest BCUT2D eigenvalue weighted by Gasteiger charge is 2.22. The maximum atomic E-state index is 5.19. The SMILES string of the molecule is c1ccc(C2N=C(c3ccc4sc5ccccc5c4c3)N=C(c3cccc(-c4ccc5c6ccccc6c6ccccc6c5c4)c3)N2)cc1. The minimum atomic E-state index is -0.261. The molecule has 49 heavy (non-hydrogen) atoms. The van der Waals surface area contributed by atoms with Crippen LogP contribution < -0.4 is 5.32 Å². The summed E-state index contributed by atoms with van der Waals surface area (Å²) in [7, 11) is 0. The van der Waals surface area contributed by atoms with Gasteiger partial charge in [-0.1, -0.05) is 127 Å². The highest BCUT2D eigenvalue weighted by molar-refractivity contribution is 7.25. The van der Waals surface area contributed by atoms with Crippen molar-refractivity contribution in [2.75, 3.05) is 0 Å². The molecule has 0 amide bonds. The van der Waals surface area contributed by atoms with Gasteiger partial charge in [-0.15, -0.1) is 11.3 Å². The zero-order chi connectivity index (χ0) is 32.3. The summed E-state index contributed by atoms with van der Waals surface area (Å²) in [4.78, 5) is 10.3. The van der Waals surface area contributed by atoms with E-state index in [4.69, 9.17) is 9.98 Å². The lowest BCUT2D eigenvalue weighted by Gasteiger charge is -2.24. The summed E-state index contributed by atoms with van der Waals surface area (Å²) >= 11 is 1.82. The van der Waals surface area contributed by atoms with Gasteiger partial charge < -0.3 is 5.32 Å². The van der Waals surface area contributed by atoms with Crippen LogP contribution in [-0.4, -0.2) is 11.7 Å². The Balaban J connectivity index is 1.10. The average Bonchev–Trinajstić information content (AvgIpc) is 3.56. The van der Waals surface area contributed by atoms with Crippen molar-refractivity contribution in [3.8, 4) is 11.1 Å². The Morgan fingerprint density at radius 3 is 1.76 bits per heavy atom. The predicted molar refractivity (Wildman–Crippen MR) is 209 cm³/mol. The summed E-state index contributed by atoms with van der Waals surface area (Å²) in [6, 6.07) is 58.7. The minimum Gasteiger partial charge on any atom is -0.344 e. The third-order valence-electron chi connectivity index (χ3n) is 9.71. The van der Waals surface area contributed by atoms with Crippen LogP contribution in [0.2, 0.25) is 0 Å². The van der Waals surface area contributed by atoms with Gasteiger partial charge in [0.2, 0.25) is 0 Å². The summed E-state index contributed by atoms with van der Waals surface area (Å²) in [5, 5.41) is 13.8. The monoisotopic (exact) mass is 643 g/mol. The number of amidine groups is 2. The van der Waals surface area contributed by atoms with Crippen molar-refractivity contribution < 1.29 is 0 Å². The van der Waals surface area contributed by atoms with E-state index < -0.39 is 0 Å². The normalized spacial score (nSPS) is 14.7. The Labute approximate surface area is 287 Å². The van der Waals surface area contributed by atoms with Gasteiger partial charge in [0, 0.05) is 31.3 Å². The second-order valence-electron chi connectivity index (χ2n) is 12.6. The number of fused-ring (bicyclic) bond motifs is 9. The Morgan fingerprint density at radius 2 is 0.980 bits per heavy atom. The van der Waals surface area contributed by atoms with E-state index in [0.717, 1.165) is 33.9 Å². The van der Waals surface area contributed by atoms with Crippen molar-refractivity contribution >= 4 is 75.5 Å². The summed E-state index contributed by atoms with van der Waals surface area (Å²) in [6.07, 6.45) is -0.261. The Kier molecular flexibility index (Phi) is 6.42. The van der Waals surface area contributed by atoms with Crippen molar-refractivity contribution in [1.29, 1.82) is 0 Å². The van der Waals surface area contributed by atoms with Crippen molar-refractivity contribution in [3.05, 3.63) is 180 Å². The van der Waals surface area contributed by atoms with Crippen LogP contribution >= 0.6 is 11.3 Å². The second kappa shape index (κ2) is 11.3. The first-order valence-corrected chi connectivity index (χ1v) is 17.4. The molecule has 1 N–H and O–H groups in total. The molecule has 0 saturated heterocycles. The molecule has 0 saturated carbocycles. The molecule has 10 rings (SSSR count). The Bertz CT molecular complexity index is 2770. The molecule has 1 aliphatic rings. The molecule has 8 aromatic carbocycles. The largest absolute Gasteiger partial charge is 0.344 e. The van der Waals surface area contributed by atoms with E-state index in [-0.39, 0.29) is 6.17 Å². The second-order valence-corrected chi connectivity index (χ2v) is 13.7. The number of thiophene rings is 1. The van der Waals surface area contributed by atoms with Gasteiger partial charge in [-0.25, -0.2) is 9.98 Å². The lowest BCUT2D eigenvalue weighted by atomic mass is 9.92. The molecule has 1 aliphatic heterocycles. The van der Waals surface area contributed by atoms with Gasteiger partial charge in [0.1, 0.15) is 12.0 Å². The van der Waals surface area contributed by atoms with Crippen LogP contribution in [0, 0.1) is 0 Å². The molecule has 0 spiro atoms. The zero-order valence-corrected chi connectivity index (χ0v) is 27.3. The molecule has 0 aliphatic carbocycles. The van der Waals surface area contributed by atoms with E-state index in [0.29, 0.717) is 0 Å². The number of benzene rings is 8. The number of nitrogens with zero attached hydrogens (tertiary/aromatic N) is 2. The molecule has 1 atom stereocenters. The van der Waals surface area contributed by atoms with Gasteiger partial charge in [0.05, 0.1) is 0 Å². The van der Waals surface area contributed by atoms with Crippen molar-refractivity contribution in [3.63, 3.8) is 0 Å². The van der Waals surface area contributed by atoms with Gasteiger partial charge in [-0.3, -0.25) is 0 Å². The molecule has 4 heteroatoms. The molecular formula is C45H29N3S. The number of aliphatic imine (C=N–C) groups is 2. The molecule has 1 aromatic heterocycles. The highest BCUT2D eigenvalue weighted by atomic mass is 32.1. The third-order valence-corrected chi connectivity index (χ3v) is 10.9. The van der Waals surface area contributed by atoms with E-state index in [1.165, 1.54) is 58.1 Å². The zero-order valence-electron chi connectivity index (χ0n) is 26.5. The topological polar surface area (TPSA) is 36.8 Å². The number of hydrogen-bond acceptors (Lipinski definition) is 4. The Morgan fingerprint density at radius 1 is 0.408 bits per heavy atom. The van der Waals surface area contributed by atoms with E-state index in [2.05, 4.69) is 163 Å². The number of hydrogen-bond donors (Lipinski definition) is 1. The van der Waals surface area contributed by atoms with Crippen LogP contribution in [0.1, 0.15) is 22.9 Å². The Hall–Kier alpha value is -6.10. The molecule has 230 valence electrons. The average molecular weight is 644 g/mol. The van der Waals surface area contributed by atoms with Crippen LogP contribution in [0.4, 0.5) is 0 Å². The van der Waals surface area contributed by atoms with E-state index in [1.807, 2.05) is 17.4 Å². The van der Waals surface area contributed by atoms with E-state index in [9.17, 15) is 0 Å². The van der Waals surface area contributed by atoms with Crippen LogP contribution in [0.15, 0.2) is 174 Å². The molecule has 0 radical (unpaired) electrons. The quantitative estimate of drug-likeness (QED) is 0.190. The molecule has 0 fully saturated rings. The summed E-state index contributed by atoms with van der Waals surface area (Å²) in [5.74, 6) is 1.54. The van der Waals surface area contributed by atoms with Crippen LogP contribution in [0.3, 0.4) is 0 Å². The minimum absolute atomic E-state index is 0.261. The van der Waals surface area contributed by atoms with Gasteiger partial charge in [-0.05, 0) is 85.4 Å². The third kappa shape index (κ3) is 4.72. The fraction of sp³-hybridized carbons (Fsp3) is 0.0222.